The van der Waals surface area contributed by atoms with E-state index in [-0.39, 0.29) is 16.5 Å². The molecule has 174 valence electrons. The number of nitrogens with one attached hydrogen (secondary N) is 1. The fraction of sp³-hybridized carbons (Fsp3) is 0.280. The summed E-state index contributed by atoms with van der Waals surface area (Å²) in [6.45, 7) is 0.827. The number of aromatic nitrogens is 3. The smallest absolute Gasteiger partial charge is 0.268 e. The van der Waals surface area contributed by atoms with Crippen LogP contribution in [0.4, 0.5) is 5.95 Å². The molecule has 1 spiro atoms. The van der Waals surface area contributed by atoms with Crippen molar-refractivity contribution in [3.8, 4) is 11.3 Å². The quantitative estimate of drug-likeness (QED) is 0.388. The van der Waals surface area contributed by atoms with Crippen molar-refractivity contribution in [1.29, 1.82) is 0 Å². The van der Waals surface area contributed by atoms with E-state index in [0.29, 0.717) is 27.7 Å². The third kappa shape index (κ3) is 3.76. The Bertz CT molecular complexity index is 1480. The lowest BCUT2D eigenvalue weighted by molar-refractivity contribution is 0.226. The monoisotopic (exact) mass is 494 g/mol. The molecule has 4 aromatic rings. The molecule has 34 heavy (non-hydrogen) atoms. The summed E-state index contributed by atoms with van der Waals surface area (Å²) < 4.78 is 33.9. The van der Waals surface area contributed by atoms with E-state index in [1.807, 2.05) is 18.2 Å². The first-order valence-corrected chi connectivity index (χ1v) is 13.1. The molecule has 7 nitrogen and oxygen atoms in total. The lowest BCUT2D eigenvalue weighted by atomic mass is 9.86. The van der Waals surface area contributed by atoms with Gasteiger partial charge in [0.2, 0.25) is 5.95 Å². The Morgan fingerprint density at radius 3 is 2.68 bits per heavy atom. The van der Waals surface area contributed by atoms with Crippen LogP contribution in [0.15, 0.2) is 71.9 Å². The predicted octanol–water partition coefficient (Wildman–Crippen LogP) is 5.11. The average molecular weight is 495 g/mol. The summed E-state index contributed by atoms with van der Waals surface area (Å²) in [7, 11) is -3.80. The zero-order valence-electron chi connectivity index (χ0n) is 18.3. The minimum atomic E-state index is -3.80. The molecular formula is C25H23ClN4O3S. The molecule has 6 rings (SSSR count). The van der Waals surface area contributed by atoms with E-state index in [0.717, 1.165) is 37.7 Å². The molecule has 1 aliphatic heterocycles. The SMILES string of the molecule is O=S(=O)(c1ccccc1)n1cc(-c2nc(N[C@@H]3CCCC4(CO4)C3)ncc2Cl)c2ccccc21. The van der Waals surface area contributed by atoms with Crippen molar-refractivity contribution in [2.24, 2.45) is 0 Å². The number of halogens is 1. The number of rotatable bonds is 5. The van der Waals surface area contributed by atoms with Crippen LogP contribution >= 0.6 is 11.6 Å². The Balaban J connectivity index is 1.42. The number of ether oxygens (including phenoxy) is 1. The van der Waals surface area contributed by atoms with E-state index in [9.17, 15) is 8.42 Å². The van der Waals surface area contributed by atoms with Crippen LogP contribution in [0, 0.1) is 0 Å². The van der Waals surface area contributed by atoms with Gasteiger partial charge in [0.15, 0.2) is 0 Å². The van der Waals surface area contributed by atoms with Crippen LogP contribution in [-0.2, 0) is 14.8 Å². The van der Waals surface area contributed by atoms with Gasteiger partial charge in [0.1, 0.15) is 0 Å². The van der Waals surface area contributed by atoms with Crippen LogP contribution in [-0.4, -0.2) is 40.6 Å². The number of fused-ring (bicyclic) bond motifs is 1. The van der Waals surface area contributed by atoms with Crippen molar-refractivity contribution in [1.82, 2.24) is 13.9 Å². The summed E-state index contributed by atoms with van der Waals surface area (Å²) in [5, 5.41) is 4.54. The van der Waals surface area contributed by atoms with Crippen molar-refractivity contribution in [2.45, 2.75) is 42.2 Å². The maximum atomic E-state index is 13.4. The second kappa shape index (κ2) is 8.08. The summed E-state index contributed by atoms with van der Waals surface area (Å²) in [6.07, 6.45) is 7.33. The van der Waals surface area contributed by atoms with Gasteiger partial charge in [0.05, 0.1) is 39.5 Å². The molecule has 0 radical (unpaired) electrons. The van der Waals surface area contributed by atoms with Crippen LogP contribution in [0.1, 0.15) is 25.7 Å². The van der Waals surface area contributed by atoms with E-state index in [1.165, 1.54) is 3.97 Å². The highest BCUT2D eigenvalue weighted by Crippen LogP contribution is 2.42. The van der Waals surface area contributed by atoms with Crippen molar-refractivity contribution >= 4 is 38.5 Å². The molecule has 2 aromatic carbocycles. The molecule has 1 aliphatic carbocycles. The Kier molecular flexibility index (Phi) is 5.13. The zero-order chi connectivity index (χ0) is 23.3. The summed E-state index contributed by atoms with van der Waals surface area (Å²) in [5.41, 5.74) is 1.72. The summed E-state index contributed by atoms with van der Waals surface area (Å²) in [4.78, 5) is 9.32. The molecule has 1 saturated heterocycles. The van der Waals surface area contributed by atoms with Gasteiger partial charge in [-0.3, -0.25) is 0 Å². The lowest BCUT2D eigenvalue weighted by Crippen LogP contribution is -2.32. The fourth-order valence-electron chi connectivity index (χ4n) is 4.86. The maximum Gasteiger partial charge on any atom is 0.268 e. The van der Waals surface area contributed by atoms with Crippen LogP contribution in [0.3, 0.4) is 0 Å². The number of nitrogens with zero attached hydrogens (tertiary/aromatic N) is 3. The molecule has 1 saturated carbocycles. The molecule has 2 fully saturated rings. The highest BCUT2D eigenvalue weighted by atomic mass is 35.5. The minimum absolute atomic E-state index is 0.0321. The van der Waals surface area contributed by atoms with Gasteiger partial charge in [-0.2, -0.15) is 0 Å². The summed E-state index contributed by atoms with van der Waals surface area (Å²) in [5.74, 6) is 0.477. The van der Waals surface area contributed by atoms with Gasteiger partial charge in [-0.1, -0.05) is 48.0 Å². The van der Waals surface area contributed by atoms with Crippen LogP contribution in [0.25, 0.3) is 22.2 Å². The highest BCUT2D eigenvalue weighted by molar-refractivity contribution is 7.90. The molecule has 1 N–H and O–H groups in total. The van der Waals surface area contributed by atoms with Crippen LogP contribution in [0.2, 0.25) is 5.02 Å². The second-order valence-electron chi connectivity index (χ2n) is 8.97. The number of hydrogen-bond acceptors (Lipinski definition) is 6. The Labute approximate surface area is 202 Å². The molecule has 0 bridgehead atoms. The molecule has 0 amide bonds. The molecule has 2 aromatic heterocycles. The summed E-state index contributed by atoms with van der Waals surface area (Å²) in [6, 6.07) is 16.0. The molecule has 3 heterocycles. The Morgan fingerprint density at radius 1 is 1.12 bits per heavy atom. The van der Waals surface area contributed by atoms with Crippen LogP contribution in [0.5, 0.6) is 0 Å². The second-order valence-corrected chi connectivity index (χ2v) is 11.2. The van der Waals surface area contributed by atoms with Crippen molar-refractivity contribution in [2.75, 3.05) is 11.9 Å². The van der Waals surface area contributed by atoms with Gasteiger partial charge < -0.3 is 10.1 Å². The highest BCUT2D eigenvalue weighted by Gasteiger charge is 2.48. The van der Waals surface area contributed by atoms with Crippen LogP contribution < -0.4 is 5.32 Å². The van der Waals surface area contributed by atoms with E-state index >= 15 is 0 Å². The lowest BCUT2D eigenvalue weighted by Gasteiger charge is -2.27. The van der Waals surface area contributed by atoms with Gasteiger partial charge in [-0.05, 0) is 43.9 Å². The molecule has 9 heteroatoms. The molecule has 2 atom stereocenters. The van der Waals surface area contributed by atoms with Crippen molar-refractivity contribution < 1.29 is 13.2 Å². The first kappa shape index (κ1) is 21.6. The summed E-state index contributed by atoms with van der Waals surface area (Å²) >= 11 is 6.54. The van der Waals surface area contributed by atoms with E-state index in [2.05, 4.69) is 10.3 Å². The first-order valence-electron chi connectivity index (χ1n) is 11.3. The minimum Gasteiger partial charge on any atom is -0.370 e. The van der Waals surface area contributed by atoms with Gasteiger partial charge in [-0.15, -0.1) is 0 Å². The Morgan fingerprint density at radius 2 is 1.88 bits per heavy atom. The van der Waals surface area contributed by atoms with Gasteiger partial charge >= 0.3 is 0 Å². The number of anilines is 1. The van der Waals surface area contributed by atoms with E-state index in [4.69, 9.17) is 21.3 Å². The average Bonchev–Trinajstić information content (AvgIpc) is 3.47. The number of epoxide rings is 1. The largest absolute Gasteiger partial charge is 0.370 e. The van der Waals surface area contributed by atoms with Gasteiger partial charge in [-0.25, -0.2) is 22.4 Å². The van der Waals surface area contributed by atoms with Gasteiger partial charge in [0.25, 0.3) is 10.0 Å². The number of benzene rings is 2. The molecule has 2 aliphatic rings. The number of hydrogen-bond donors (Lipinski definition) is 1. The standard InChI is InChI=1S/C25H23ClN4O3S/c26-21-14-27-24(28-17-7-6-12-25(13-17)16-33-25)29-23(21)20-15-30(22-11-5-4-10-19(20)22)34(31,32)18-8-2-1-3-9-18/h1-5,8-11,14-15,17H,6-7,12-13,16H2,(H,27,28,29)/t17-,25?/m1/s1. The molecular weight excluding hydrogens is 472 g/mol. The topological polar surface area (TPSA) is 89.4 Å². The molecule has 1 unspecified atom stereocenters. The van der Waals surface area contributed by atoms with Crippen molar-refractivity contribution in [3.63, 3.8) is 0 Å². The van der Waals surface area contributed by atoms with E-state index < -0.39 is 10.0 Å². The predicted molar refractivity (Wildman–Crippen MR) is 132 cm³/mol. The first-order chi connectivity index (χ1) is 16.5. The normalized spacial score (nSPS) is 22.2. The third-order valence-electron chi connectivity index (χ3n) is 6.67. The maximum absolute atomic E-state index is 13.4. The number of para-hydroxylation sites is 1. The fourth-order valence-corrected chi connectivity index (χ4v) is 6.45. The van der Waals surface area contributed by atoms with Crippen molar-refractivity contribution in [3.05, 3.63) is 72.0 Å². The zero-order valence-corrected chi connectivity index (χ0v) is 19.9. The van der Waals surface area contributed by atoms with E-state index in [1.54, 1.807) is 48.8 Å². The Hall–Kier alpha value is -2.94. The third-order valence-corrected chi connectivity index (χ3v) is 8.63. The van der Waals surface area contributed by atoms with Gasteiger partial charge in [0, 0.05) is 23.2 Å².